The number of hydrogen-bond acceptors (Lipinski definition) is 4. The Labute approximate surface area is 146 Å². The lowest BCUT2D eigenvalue weighted by Gasteiger charge is -2.13. The minimum absolute atomic E-state index is 0.219. The summed E-state index contributed by atoms with van der Waals surface area (Å²) in [6.45, 7) is 3.43. The monoisotopic (exact) mass is 365 g/mol. The zero-order valence-corrected chi connectivity index (χ0v) is 15.1. The van der Waals surface area contributed by atoms with Crippen molar-refractivity contribution in [2.45, 2.75) is 25.6 Å². The summed E-state index contributed by atoms with van der Waals surface area (Å²) in [7, 11) is -3.42. The number of amides is 1. The largest absolute Gasteiger partial charge is 0.457 e. The normalized spacial score (nSPS) is 12.5. The highest BCUT2D eigenvalue weighted by Crippen LogP contribution is 2.26. The predicted molar refractivity (Wildman–Crippen MR) is 93.8 cm³/mol. The standard InChI is InChI=1S/C18H20FNO4S/c1-12-10-14(11-20-18(21)13(2)25(3,22)23)4-9-17(12)24-16-7-5-15(19)6-8-16/h4-10,13H,11H2,1-3H3,(H,20,21)/t13-/m0/s1. The molecule has 0 heterocycles. The highest BCUT2D eigenvalue weighted by molar-refractivity contribution is 7.92. The molecular formula is C18H20FNO4S. The lowest BCUT2D eigenvalue weighted by Crippen LogP contribution is -2.37. The van der Waals surface area contributed by atoms with Crippen molar-refractivity contribution < 1.29 is 22.3 Å². The quantitative estimate of drug-likeness (QED) is 0.854. The summed E-state index contributed by atoms with van der Waals surface area (Å²) in [5.74, 6) is 0.268. The fourth-order valence-electron chi connectivity index (χ4n) is 2.09. The first kappa shape index (κ1) is 18.9. The number of hydrogen-bond donors (Lipinski definition) is 1. The molecule has 0 aliphatic rings. The summed E-state index contributed by atoms with van der Waals surface area (Å²) in [5, 5.41) is 1.52. The van der Waals surface area contributed by atoms with Crippen molar-refractivity contribution in [2.24, 2.45) is 0 Å². The van der Waals surface area contributed by atoms with Crippen LogP contribution in [0.5, 0.6) is 11.5 Å². The fraction of sp³-hybridized carbons (Fsp3) is 0.278. The van der Waals surface area contributed by atoms with E-state index in [0.717, 1.165) is 17.4 Å². The number of aryl methyl sites for hydroxylation is 1. The molecule has 1 atom stereocenters. The second-order valence-corrected chi connectivity index (χ2v) is 8.21. The topological polar surface area (TPSA) is 72.5 Å². The van der Waals surface area contributed by atoms with Crippen LogP contribution in [0.2, 0.25) is 0 Å². The first-order valence-electron chi connectivity index (χ1n) is 7.66. The van der Waals surface area contributed by atoms with Crippen molar-refractivity contribution in [3.05, 3.63) is 59.4 Å². The zero-order chi connectivity index (χ0) is 18.6. The Morgan fingerprint density at radius 3 is 2.40 bits per heavy atom. The van der Waals surface area contributed by atoms with Crippen LogP contribution < -0.4 is 10.1 Å². The van der Waals surface area contributed by atoms with E-state index in [0.29, 0.717) is 11.5 Å². The Kier molecular flexibility index (Phi) is 5.79. The summed E-state index contributed by atoms with van der Waals surface area (Å²) >= 11 is 0. The smallest absolute Gasteiger partial charge is 0.238 e. The van der Waals surface area contributed by atoms with Crippen LogP contribution in [0, 0.1) is 12.7 Å². The fourth-order valence-corrected chi connectivity index (χ4v) is 2.57. The van der Waals surface area contributed by atoms with Crippen LogP contribution in [0.1, 0.15) is 18.1 Å². The van der Waals surface area contributed by atoms with Crippen LogP contribution in [0.4, 0.5) is 4.39 Å². The number of sulfone groups is 1. The van der Waals surface area contributed by atoms with Crippen LogP contribution in [0.15, 0.2) is 42.5 Å². The van der Waals surface area contributed by atoms with Gasteiger partial charge in [0.15, 0.2) is 9.84 Å². The average Bonchev–Trinajstić information content (AvgIpc) is 2.55. The third-order valence-electron chi connectivity index (χ3n) is 3.76. The van der Waals surface area contributed by atoms with Gasteiger partial charge in [0.05, 0.1) is 0 Å². The lowest BCUT2D eigenvalue weighted by atomic mass is 10.1. The summed E-state index contributed by atoms with van der Waals surface area (Å²) < 4.78 is 41.4. The minimum Gasteiger partial charge on any atom is -0.457 e. The maximum absolute atomic E-state index is 12.9. The van der Waals surface area contributed by atoms with Crippen molar-refractivity contribution in [3.8, 4) is 11.5 Å². The van der Waals surface area contributed by atoms with Gasteiger partial charge in [0, 0.05) is 12.8 Å². The van der Waals surface area contributed by atoms with E-state index in [1.807, 2.05) is 13.0 Å². The third kappa shape index (κ3) is 5.29. The summed E-state index contributed by atoms with van der Waals surface area (Å²) in [6.07, 6.45) is 1.03. The van der Waals surface area contributed by atoms with E-state index in [1.165, 1.54) is 31.2 Å². The van der Waals surface area contributed by atoms with Gasteiger partial charge in [0.2, 0.25) is 5.91 Å². The second kappa shape index (κ2) is 7.65. The van der Waals surface area contributed by atoms with E-state index in [9.17, 15) is 17.6 Å². The molecule has 2 aromatic carbocycles. The highest BCUT2D eigenvalue weighted by atomic mass is 32.2. The third-order valence-corrected chi connectivity index (χ3v) is 5.26. The van der Waals surface area contributed by atoms with Gasteiger partial charge in [0.1, 0.15) is 22.6 Å². The Balaban J connectivity index is 2.02. The number of benzene rings is 2. The Hall–Kier alpha value is -2.41. The Morgan fingerprint density at radius 2 is 1.84 bits per heavy atom. The van der Waals surface area contributed by atoms with Crippen molar-refractivity contribution in [2.75, 3.05) is 6.26 Å². The minimum atomic E-state index is -3.42. The van der Waals surface area contributed by atoms with E-state index in [1.54, 1.807) is 12.1 Å². The maximum atomic E-state index is 12.9. The number of ether oxygens (including phenoxy) is 1. The van der Waals surface area contributed by atoms with Gasteiger partial charge in [-0.3, -0.25) is 4.79 Å². The molecule has 7 heteroatoms. The first-order valence-corrected chi connectivity index (χ1v) is 9.62. The highest BCUT2D eigenvalue weighted by Gasteiger charge is 2.23. The predicted octanol–water partition coefficient (Wildman–Crippen LogP) is 2.98. The number of halogens is 1. The first-order chi connectivity index (χ1) is 11.7. The van der Waals surface area contributed by atoms with Crippen LogP contribution in [0.3, 0.4) is 0 Å². The van der Waals surface area contributed by atoms with Crippen LogP contribution in [-0.4, -0.2) is 25.8 Å². The molecule has 1 amide bonds. The van der Waals surface area contributed by atoms with Crippen LogP contribution >= 0.6 is 0 Å². The molecule has 0 fully saturated rings. The Morgan fingerprint density at radius 1 is 1.20 bits per heavy atom. The number of carbonyl (C=O) groups is 1. The van der Waals surface area contributed by atoms with Gasteiger partial charge in [-0.25, -0.2) is 12.8 Å². The number of nitrogens with one attached hydrogen (secondary N) is 1. The van der Waals surface area contributed by atoms with E-state index in [-0.39, 0.29) is 12.4 Å². The van der Waals surface area contributed by atoms with Gasteiger partial charge in [-0.05, 0) is 55.3 Å². The molecule has 0 saturated heterocycles. The van der Waals surface area contributed by atoms with Crippen molar-refractivity contribution in [1.82, 2.24) is 5.32 Å². The summed E-state index contributed by atoms with van der Waals surface area (Å²) in [5.41, 5.74) is 1.66. The molecule has 5 nitrogen and oxygen atoms in total. The lowest BCUT2D eigenvalue weighted by molar-refractivity contribution is -0.120. The van der Waals surface area contributed by atoms with Crippen molar-refractivity contribution in [1.29, 1.82) is 0 Å². The molecule has 0 aliphatic heterocycles. The number of rotatable bonds is 6. The van der Waals surface area contributed by atoms with Crippen LogP contribution in [-0.2, 0) is 21.2 Å². The number of carbonyl (C=O) groups excluding carboxylic acids is 1. The van der Waals surface area contributed by atoms with Crippen LogP contribution in [0.25, 0.3) is 0 Å². The summed E-state index contributed by atoms with van der Waals surface area (Å²) in [6, 6.07) is 11.1. The van der Waals surface area contributed by atoms with E-state index in [2.05, 4.69) is 5.32 Å². The SMILES string of the molecule is Cc1cc(CNC(=O)[C@H](C)S(C)(=O)=O)ccc1Oc1ccc(F)cc1. The van der Waals surface area contributed by atoms with Gasteiger partial charge in [-0.15, -0.1) is 0 Å². The molecule has 2 aromatic rings. The molecule has 0 aromatic heterocycles. The average molecular weight is 365 g/mol. The molecule has 0 saturated carbocycles. The van der Waals surface area contributed by atoms with Gasteiger partial charge >= 0.3 is 0 Å². The molecule has 0 spiro atoms. The molecule has 25 heavy (non-hydrogen) atoms. The maximum Gasteiger partial charge on any atom is 0.238 e. The van der Waals surface area contributed by atoms with E-state index in [4.69, 9.17) is 4.74 Å². The molecule has 0 bridgehead atoms. The van der Waals surface area contributed by atoms with Crippen molar-refractivity contribution in [3.63, 3.8) is 0 Å². The molecule has 0 radical (unpaired) electrons. The van der Waals surface area contributed by atoms with Gasteiger partial charge in [-0.1, -0.05) is 12.1 Å². The van der Waals surface area contributed by atoms with Crippen molar-refractivity contribution >= 4 is 15.7 Å². The molecular weight excluding hydrogens is 345 g/mol. The Bertz CT molecular complexity index is 863. The van der Waals surface area contributed by atoms with Gasteiger partial charge in [0.25, 0.3) is 0 Å². The molecule has 1 N–H and O–H groups in total. The molecule has 0 aliphatic carbocycles. The van der Waals surface area contributed by atoms with E-state index >= 15 is 0 Å². The van der Waals surface area contributed by atoms with Gasteiger partial charge < -0.3 is 10.1 Å². The van der Waals surface area contributed by atoms with E-state index < -0.39 is 21.0 Å². The zero-order valence-electron chi connectivity index (χ0n) is 14.2. The molecule has 134 valence electrons. The molecule has 0 unspecified atom stereocenters. The second-order valence-electron chi connectivity index (χ2n) is 5.85. The molecule has 2 rings (SSSR count). The van der Waals surface area contributed by atoms with Gasteiger partial charge in [-0.2, -0.15) is 0 Å². The summed E-state index contributed by atoms with van der Waals surface area (Å²) in [4.78, 5) is 11.8.